The Hall–Kier alpha value is -2.15. The number of allylic oxidation sites excluding steroid dienone is 1. The van der Waals surface area contributed by atoms with Gasteiger partial charge in [0.1, 0.15) is 0 Å². The highest BCUT2D eigenvalue weighted by Crippen LogP contribution is 2.31. The summed E-state index contributed by atoms with van der Waals surface area (Å²) in [6.45, 7) is 0. The maximum Gasteiger partial charge on any atom is 0.416 e. The number of rotatable bonds is 4. The van der Waals surface area contributed by atoms with E-state index in [0.29, 0.717) is 0 Å². The lowest BCUT2D eigenvalue weighted by atomic mass is 10.2. The van der Waals surface area contributed by atoms with Gasteiger partial charge in [0, 0.05) is 12.2 Å². The van der Waals surface area contributed by atoms with Crippen LogP contribution >= 0.6 is 11.8 Å². The monoisotopic (exact) mass is 353 g/mol. The van der Waals surface area contributed by atoms with Crippen LogP contribution in [-0.2, 0) is 6.18 Å². The number of hydrogen-bond donors (Lipinski definition) is 1. The van der Waals surface area contributed by atoms with Gasteiger partial charge >= 0.3 is 12.3 Å². The van der Waals surface area contributed by atoms with Gasteiger partial charge in [-0.15, -0.1) is 0 Å². The molecule has 0 aromatic heterocycles. The summed E-state index contributed by atoms with van der Waals surface area (Å²) < 4.78 is 74.2. The van der Waals surface area contributed by atoms with Gasteiger partial charge in [-0.1, -0.05) is 17.8 Å². The number of halogens is 6. The summed E-state index contributed by atoms with van der Waals surface area (Å²) in [5.74, 6) is -1.76. The molecule has 0 fully saturated rings. The molecule has 0 atom stereocenters. The molecular weight excluding hydrogens is 344 g/mol. The number of thioether (sulfide) groups is 1. The molecule has 0 aliphatic heterocycles. The lowest BCUT2D eigenvalue weighted by Gasteiger charge is -2.07. The molecule has 0 radical (unpaired) electrons. The van der Waals surface area contributed by atoms with Crippen molar-refractivity contribution >= 4 is 22.6 Å². The summed E-state index contributed by atoms with van der Waals surface area (Å²) in [5.41, 5.74) is -1.01. The molecule has 1 rings (SSSR count). The molecule has 0 aliphatic carbocycles. The Bertz CT molecular complexity index is 644. The first-order chi connectivity index (χ1) is 10.7. The molecule has 0 aliphatic rings. The number of hydrogen-bond acceptors (Lipinski definition) is 3. The van der Waals surface area contributed by atoms with Crippen molar-refractivity contribution in [2.24, 2.45) is 4.99 Å². The predicted octanol–water partition coefficient (Wildman–Crippen LogP) is 4.96. The van der Waals surface area contributed by atoms with Gasteiger partial charge < -0.3 is 0 Å². The van der Waals surface area contributed by atoms with E-state index in [2.05, 4.69) is 10.3 Å². The first kappa shape index (κ1) is 18.9. The minimum Gasteiger partial charge on any atom is -0.271 e. The van der Waals surface area contributed by atoms with Crippen molar-refractivity contribution in [1.29, 1.82) is 5.26 Å². The summed E-state index contributed by atoms with van der Waals surface area (Å²) in [6, 6.07) is 4.03. The van der Waals surface area contributed by atoms with E-state index in [0.717, 1.165) is 30.0 Å². The van der Waals surface area contributed by atoms with Crippen LogP contribution in [0.1, 0.15) is 12.0 Å². The molecule has 0 amide bonds. The third-order valence-electron chi connectivity index (χ3n) is 2.33. The summed E-state index contributed by atoms with van der Waals surface area (Å²) in [6.07, 6.45) is -6.06. The van der Waals surface area contributed by atoms with Crippen LogP contribution in [-0.4, -0.2) is 10.9 Å². The normalized spacial score (nSPS) is 11.8. The second kappa shape index (κ2) is 8.47. The molecule has 1 N–H and O–H groups in total. The van der Waals surface area contributed by atoms with Gasteiger partial charge in [-0.25, -0.2) is 9.38 Å². The second-order valence-electron chi connectivity index (χ2n) is 3.97. The van der Waals surface area contributed by atoms with Crippen molar-refractivity contribution in [1.82, 2.24) is 5.32 Å². The smallest absolute Gasteiger partial charge is 0.271 e. The van der Waals surface area contributed by atoms with E-state index in [1.807, 2.05) is 0 Å². The third kappa shape index (κ3) is 6.65. The van der Waals surface area contributed by atoms with Crippen molar-refractivity contribution in [3.05, 3.63) is 41.7 Å². The fraction of sp³-hybridized carbons (Fsp3) is 0.231. The second-order valence-corrected chi connectivity index (χ2v) is 5.05. The molecule has 0 saturated carbocycles. The first-order valence-corrected chi connectivity index (χ1v) is 6.96. The van der Waals surface area contributed by atoms with Gasteiger partial charge in [0.15, 0.2) is 17.2 Å². The van der Waals surface area contributed by atoms with E-state index in [4.69, 9.17) is 5.26 Å². The fourth-order valence-corrected chi connectivity index (χ4v) is 2.11. The average molecular weight is 353 g/mol. The minimum atomic E-state index is -4.55. The fourth-order valence-electron chi connectivity index (χ4n) is 1.34. The number of nitriles is 1. The van der Waals surface area contributed by atoms with Gasteiger partial charge in [0.2, 0.25) is 0 Å². The molecule has 0 spiro atoms. The van der Waals surface area contributed by atoms with Gasteiger partial charge in [0.05, 0.1) is 11.3 Å². The number of alkyl halides is 3. The zero-order valence-corrected chi connectivity index (χ0v) is 12.1. The Labute approximate surface area is 131 Å². The van der Waals surface area contributed by atoms with Crippen molar-refractivity contribution in [3.8, 4) is 6.19 Å². The lowest BCUT2D eigenvalue weighted by Crippen LogP contribution is -2.14. The molecule has 23 heavy (non-hydrogen) atoms. The van der Waals surface area contributed by atoms with Crippen LogP contribution < -0.4 is 5.32 Å². The van der Waals surface area contributed by atoms with E-state index in [1.54, 1.807) is 0 Å². The molecule has 1 aromatic rings. The van der Waals surface area contributed by atoms with Gasteiger partial charge in [0.25, 0.3) is 0 Å². The Kier molecular flexibility index (Phi) is 6.96. The zero-order chi connectivity index (χ0) is 17.5. The lowest BCUT2D eigenvalue weighted by molar-refractivity contribution is -0.137. The molecule has 3 nitrogen and oxygen atoms in total. The summed E-state index contributed by atoms with van der Waals surface area (Å²) in [5, 5.41) is 10.5. The molecule has 0 bridgehead atoms. The molecule has 124 valence electrons. The van der Waals surface area contributed by atoms with Gasteiger partial charge in [-0.05, 0) is 18.2 Å². The number of nitrogens with zero attached hydrogens (tertiary/aromatic N) is 2. The third-order valence-corrected chi connectivity index (χ3v) is 3.21. The van der Waals surface area contributed by atoms with Crippen LogP contribution in [0.3, 0.4) is 0 Å². The topological polar surface area (TPSA) is 48.2 Å². The Morgan fingerprint density at radius 3 is 2.52 bits per heavy atom. The molecule has 0 unspecified atom stereocenters. The van der Waals surface area contributed by atoms with Crippen LogP contribution in [0.4, 0.5) is 32.0 Å². The molecular formula is C13H9F6N3S. The Morgan fingerprint density at radius 2 is 1.96 bits per heavy atom. The van der Waals surface area contributed by atoms with Crippen LogP contribution in [0.2, 0.25) is 0 Å². The summed E-state index contributed by atoms with van der Waals surface area (Å²) >= 11 is 0.728. The van der Waals surface area contributed by atoms with Crippen molar-refractivity contribution in [2.45, 2.75) is 12.6 Å². The number of amidine groups is 1. The highest BCUT2D eigenvalue weighted by molar-refractivity contribution is 8.13. The van der Waals surface area contributed by atoms with E-state index >= 15 is 0 Å². The maximum absolute atomic E-state index is 12.6. The number of aliphatic imine (C=N–C) groups is 1. The van der Waals surface area contributed by atoms with Crippen LogP contribution in [0.15, 0.2) is 41.2 Å². The standard InChI is InChI=1S/C13H9F6N3S/c14-10(11(15)16)4-5-23-12(21-7-20)22-9-3-1-2-8(6-9)13(17,18)19/h1-3,6H,4-5H2,(H,21,22). The number of benzene rings is 1. The van der Waals surface area contributed by atoms with Crippen molar-refractivity contribution in [2.75, 3.05) is 5.75 Å². The Morgan fingerprint density at radius 1 is 1.26 bits per heavy atom. The van der Waals surface area contributed by atoms with Gasteiger partial charge in [-0.3, -0.25) is 5.32 Å². The Balaban J connectivity index is 2.87. The van der Waals surface area contributed by atoms with E-state index < -0.39 is 30.1 Å². The highest BCUT2D eigenvalue weighted by atomic mass is 32.2. The van der Waals surface area contributed by atoms with Crippen molar-refractivity contribution < 1.29 is 26.3 Å². The summed E-state index contributed by atoms with van der Waals surface area (Å²) in [4.78, 5) is 3.78. The number of nitrogens with one attached hydrogen (secondary N) is 1. The SMILES string of the molecule is N#CNC(=Nc1cccc(C(F)(F)F)c1)SCCC(F)=C(F)F. The van der Waals surface area contributed by atoms with E-state index in [-0.39, 0.29) is 16.6 Å². The highest BCUT2D eigenvalue weighted by Gasteiger charge is 2.30. The molecule has 0 heterocycles. The van der Waals surface area contributed by atoms with E-state index in [9.17, 15) is 26.3 Å². The van der Waals surface area contributed by atoms with Crippen molar-refractivity contribution in [3.63, 3.8) is 0 Å². The van der Waals surface area contributed by atoms with Crippen LogP contribution in [0.5, 0.6) is 0 Å². The molecule has 0 saturated heterocycles. The van der Waals surface area contributed by atoms with E-state index in [1.165, 1.54) is 12.3 Å². The summed E-state index contributed by atoms with van der Waals surface area (Å²) in [7, 11) is 0. The van der Waals surface area contributed by atoms with Crippen LogP contribution in [0.25, 0.3) is 0 Å². The minimum absolute atomic E-state index is 0.0854. The largest absolute Gasteiger partial charge is 0.416 e. The van der Waals surface area contributed by atoms with Gasteiger partial charge in [-0.2, -0.15) is 27.2 Å². The first-order valence-electron chi connectivity index (χ1n) is 5.97. The van der Waals surface area contributed by atoms with Crippen LogP contribution in [0, 0.1) is 11.5 Å². The quantitative estimate of drug-likeness (QED) is 0.273. The predicted molar refractivity (Wildman–Crippen MR) is 74.7 cm³/mol. The molecule has 1 aromatic carbocycles. The molecule has 10 heteroatoms. The average Bonchev–Trinajstić information content (AvgIpc) is 2.46. The maximum atomic E-state index is 12.6. The zero-order valence-electron chi connectivity index (χ0n) is 11.3.